The zero-order valence-corrected chi connectivity index (χ0v) is 9.42. The van der Waals surface area contributed by atoms with Gasteiger partial charge >= 0.3 is 0 Å². The Bertz CT molecular complexity index is 498. The highest BCUT2D eigenvalue weighted by Gasteiger charge is 2.14. The van der Waals surface area contributed by atoms with Crippen LogP contribution in [-0.4, -0.2) is 27.4 Å². The van der Waals surface area contributed by atoms with Gasteiger partial charge in [0.25, 0.3) is 0 Å². The number of aliphatic hydroxyl groups excluding tert-OH is 1. The summed E-state index contributed by atoms with van der Waals surface area (Å²) in [5.41, 5.74) is 6.88. The Labute approximate surface area is 98.4 Å². The lowest BCUT2D eigenvalue weighted by Crippen LogP contribution is -2.13. The van der Waals surface area contributed by atoms with Crippen LogP contribution in [0.2, 0.25) is 0 Å². The van der Waals surface area contributed by atoms with E-state index in [2.05, 4.69) is 15.2 Å². The normalized spacial score (nSPS) is 12.4. The molecule has 2 aromatic rings. The Balaban J connectivity index is 2.26. The topological polar surface area (TPSA) is 97.0 Å². The summed E-state index contributed by atoms with van der Waals surface area (Å²) in [5.74, 6) is 1.58. The predicted octanol–water partition coefficient (Wildman–Crippen LogP) is 0.354. The third-order valence-electron chi connectivity index (χ3n) is 2.43. The van der Waals surface area contributed by atoms with Crippen molar-refractivity contribution < 1.29 is 9.84 Å². The summed E-state index contributed by atoms with van der Waals surface area (Å²) < 4.78 is 5.12. The van der Waals surface area contributed by atoms with Gasteiger partial charge < -0.3 is 15.6 Å². The number of benzene rings is 1. The first-order valence-electron chi connectivity index (χ1n) is 5.16. The molecule has 1 heterocycles. The maximum atomic E-state index is 8.89. The molecule has 0 radical (unpaired) electrons. The molecule has 0 unspecified atom stereocenters. The van der Waals surface area contributed by atoms with Crippen LogP contribution in [0.3, 0.4) is 0 Å². The van der Waals surface area contributed by atoms with Crippen LogP contribution in [0, 0.1) is 0 Å². The van der Waals surface area contributed by atoms with E-state index < -0.39 is 6.04 Å². The maximum absolute atomic E-state index is 8.89. The van der Waals surface area contributed by atoms with E-state index in [0.717, 1.165) is 11.3 Å². The first-order chi connectivity index (χ1) is 8.24. The molecule has 0 aliphatic carbocycles. The monoisotopic (exact) mass is 234 g/mol. The lowest BCUT2D eigenvalue weighted by Gasteiger charge is -2.09. The molecule has 4 N–H and O–H groups in total. The van der Waals surface area contributed by atoms with Gasteiger partial charge in [-0.2, -0.15) is 5.10 Å². The van der Waals surface area contributed by atoms with Crippen molar-refractivity contribution in [1.82, 2.24) is 15.2 Å². The minimum absolute atomic E-state index is 0.183. The first kappa shape index (κ1) is 11.6. The number of nitrogens with two attached hydrogens (primary N) is 1. The van der Waals surface area contributed by atoms with Gasteiger partial charge in [0.15, 0.2) is 5.82 Å². The Kier molecular flexibility index (Phi) is 3.36. The van der Waals surface area contributed by atoms with Gasteiger partial charge in [-0.25, -0.2) is 4.98 Å². The van der Waals surface area contributed by atoms with Crippen molar-refractivity contribution in [2.75, 3.05) is 7.11 Å². The number of aromatic nitrogens is 3. The van der Waals surface area contributed by atoms with Crippen LogP contribution in [-0.2, 0) is 6.61 Å². The molecular weight excluding hydrogens is 220 g/mol. The molecule has 17 heavy (non-hydrogen) atoms. The molecule has 2 rings (SSSR count). The van der Waals surface area contributed by atoms with Gasteiger partial charge in [-0.15, -0.1) is 0 Å². The highest BCUT2D eigenvalue weighted by atomic mass is 16.5. The van der Waals surface area contributed by atoms with Gasteiger partial charge in [0.2, 0.25) is 0 Å². The average molecular weight is 234 g/mol. The van der Waals surface area contributed by atoms with Gasteiger partial charge in [-0.3, -0.25) is 5.10 Å². The van der Waals surface area contributed by atoms with Crippen LogP contribution >= 0.6 is 0 Å². The molecule has 0 aliphatic heterocycles. The average Bonchev–Trinajstić information content (AvgIpc) is 2.86. The largest absolute Gasteiger partial charge is 0.497 e. The Morgan fingerprint density at radius 1 is 1.53 bits per heavy atom. The lowest BCUT2D eigenvalue weighted by atomic mass is 10.1. The predicted molar refractivity (Wildman–Crippen MR) is 61.3 cm³/mol. The third-order valence-corrected chi connectivity index (χ3v) is 2.43. The summed E-state index contributed by atoms with van der Waals surface area (Å²) in [5, 5.41) is 15.5. The molecule has 0 spiro atoms. The van der Waals surface area contributed by atoms with Gasteiger partial charge in [-0.1, -0.05) is 12.1 Å². The zero-order chi connectivity index (χ0) is 12.3. The summed E-state index contributed by atoms with van der Waals surface area (Å²) in [4.78, 5) is 4.08. The summed E-state index contributed by atoms with van der Waals surface area (Å²) in [6.45, 7) is -0.183. The van der Waals surface area contributed by atoms with Gasteiger partial charge in [0.05, 0.1) is 13.2 Å². The standard InChI is InChI=1S/C11H14N4O2/c1-17-8-4-2-3-7(5-8)10(12)11-13-9(6-16)14-15-11/h2-5,10,16H,6,12H2,1H3,(H,13,14,15)/t10-/m1/s1. The molecule has 6 nitrogen and oxygen atoms in total. The van der Waals surface area contributed by atoms with E-state index >= 15 is 0 Å². The molecule has 0 amide bonds. The second-order valence-corrected chi connectivity index (χ2v) is 3.55. The molecule has 0 saturated heterocycles. The SMILES string of the molecule is COc1cccc([C@@H](N)c2n[nH]c(CO)n2)c1. The fourth-order valence-electron chi connectivity index (χ4n) is 1.50. The fraction of sp³-hybridized carbons (Fsp3) is 0.273. The number of nitrogens with one attached hydrogen (secondary N) is 1. The quantitative estimate of drug-likeness (QED) is 0.709. The van der Waals surface area contributed by atoms with E-state index in [1.165, 1.54) is 0 Å². The van der Waals surface area contributed by atoms with Crippen molar-refractivity contribution in [3.63, 3.8) is 0 Å². The molecule has 1 aromatic heterocycles. The number of aliphatic hydroxyl groups is 1. The molecular formula is C11H14N4O2. The van der Waals surface area contributed by atoms with Crippen molar-refractivity contribution in [2.24, 2.45) is 5.73 Å². The van der Waals surface area contributed by atoms with Crippen molar-refractivity contribution in [3.8, 4) is 5.75 Å². The number of ether oxygens (including phenoxy) is 1. The maximum Gasteiger partial charge on any atom is 0.171 e. The molecule has 1 aromatic carbocycles. The number of methoxy groups -OCH3 is 1. The molecule has 0 fully saturated rings. The van der Waals surface area contributed by atoms with Crippen molar-refractivity contribution >= 4 is 0 Å². The van der Waals surface area contributed by atoms with E-state index in [-0.39, 0.29) is 6.61 Å². The van der Waals surface area contributed by atoms with Crippen LogP contribution in [0.25, 0.3) is 0 Å². The van der Waals surface area contributed by atoms with E-state index in [1.807, 2.05) is 24.3 Å². The van der Waals surface area contributed by atoms with Crippen LogP contribution in [0.5, 0.6) is 5.75 Å². The Morgan fingerprint density at radius 3 is 3.00 bits per heavy atom. The smallest absolute Gasteiger partial charge is 0.171 e. The van der Waals surface area contributed by atoms with Crippen LogP contribution in [0.4, 0.5) is 0 Å². The molecule has 1 atom stereocenters. The molecule has 0 aliphatic rings. The van der Waals surface area contributed by atoms with Gasteiger partial charge in [0, 0.05) is 0 Å². The second kappa shape index (κ2) is 4.94. The van der Waals surface area contributed by atoms with Crippen molar-refractivity contribution in [3.05, 3.63) is 41.5 Å². The highest BCUT2D eigenvalue weighted by Crippen LogP contribution is 2.20. The first-order valence-corrected chi connectivity index (χ1v) is 5.16. The summed E-state index contributed by atoms with van der Waals surface area (Å²) in [6.07, 6.45) is 0. The number of nitrogens with zero attached hydrogens (tertiary/aromatic N) is 2. The number of H-pyrrole nitrogens is 1. The zero-order valence-electron chi connectivity index (χ0n) is 9.42. The van der Waals surface area contributed by atoms with Crippen LogP contribution in [0.1, 0.15) is 23.3 Å². The fourth-order valence-corrected chi connectivity index (χ4v) is 1.50. The number of hydrogen-bond donors (Lipinski definition) is 3. The second-order valence-electron chi connectivity index (χ2n) is 3.55. The minimum atomic E-state index is -0.443. The number of aromatic amines is 1. The Hall–Kier alpha value is -1.92. The highest BCUT2D eigenvalue weighted by molar-refractivity contribution is 5.32. The number of hydrogen-bond acceptors (Lipinski definition) is 5. The lowest BCUT2D eigenvalue weighted by molar-refractivity contribution is 0.271. The van der Waals surface area contributed by atoms with E-state index in [1.54, 1.807) is 7.11 Å². The molecule has 6 heteroatoms. The Morgan fingerprint density at radius 2 is 2.35 bits per heavy atom. The van der Waals surface area contributed by atoms with Crippen LogP contribution in [0.15, 0.2) is 24.3 Å². The minimum Gasteiger partial charge on any atom is -0.497 e. The number of rotatable bonds is 4. The van der Waals surface area contributed by atoms with Gasteiger partial charge in [-0.05, 0) is 17.7 Å². The summed E-state index contributed by atoms with van der Waals surface area (Å²) in [7, 11) is 1.60. The van der Waals surface area contributed by atoms with E-state index in [0.29, 0.717) is 11.6 Å². The van der Waals surface area contributed by atoms with Crippen molar-refractivity contribution in [1.29, 1.82) is 0 Å². The summed E-state index contributed by atoms with van der Waals surface area (Å²) in [6, 6.07) is 6.96. The van der Waals surface area contributed by atoms with E-state index in [4.69, 9.17) is 15.6 Å². The van der Waals surface area contributed by atoms with Gasteiger partial charge in [0.1, 0.15) is 18.2 Å². The van der Waals surface area contributed by atoms with Crippen LogP contribution < -0.4 is 10.5 Å². The third kappa shape index (κ3) is 2.43. The molecule has 0 saturated carbocycles. The van der Waals surface area contributed by atoms with Crippen molar-refractivity contribution in [2.45, 2.75) is 12.6 Å². The molecule has 90 valence electrons. The summed E-state index contributed by atoms with van der Waals surface area (Å²) >= 11 is 0. The van der Waals surface area contributed by atoms with E-state index in [9.17, 15) is 0 Å². The molecule has 0 bridgehead atoms.